The van der Waals surface area contributed by atoms with Crippen LogP contribution in [0.4, 0.5) is 0 Å². The van der Waals surface area contributed by atoms with Gasteiger partial charge in [0.25, 0.3) is 0 Å². The number of hydrogen-bond donors (Lipinski definition) is 0. The normalized spacial score (nSPS) is 10.8. The molecule has 0 radical (unpaired) electrons. The van der Waals surface area contributed by atoms with Gasteiger partial charge in [0.15, 0.2) is 5.78 Å². The molecule has 0 amide bonds. The third kappa shape index (κ3) is 4.96. The van der Waals surface area contributed by atoms with Gasteiger partial charge in [0.2, 0.25) is 5.16 Å². The summed E-state index contributed by atoms with van der Waals surface area (Å²) in [7, 11) is 0. The molecule has 4 aromatic rings. The Morgan fingerprint density at radius 2 is 1.52 bits per heavy atom. The lowest BCUT2D eigenvalue weighted by Crippen LogP contribution is -2.00. The van der Waals surface area contributed by atoms with Gasteiger partial charge >= 0.3 is 0 Å². The van der Waals surface area contributed by atoms with Crippen LogP contribution in [0.15, 0.2) is 83.3 Å². The zero-order valence-electron chi connectivity index (χ0n) is 15.7. The zero-order chi connectivity index (χ0) is 19.9. The largest absolute Gasteiger partial charge is 0.293 e. The molecular formula is C23H19N3OS2. The highest BCUT2D eigenvalue weighted by atomic mass is 32.2. The number of thioether (sulfide) groups is 1. The van der Waals surface area contributed by atoms with E-state index in [0.29, 0.717) is 11.6 Å². The standard InChI is InChI=1S/C23H19N3OS2/c27-19(20-14-8-15-28-20)13-7-16-29-23-24-21(17-9-3-1-4-10-17)22(25-26-23)18-11-5-2-6-12-18/h1-6,8-12,14-15H,7,13,16H2. The quantitative estimate of drug-likeness (QED) is 0.199. The van der Waals surface area contributed by atoms with Gasteiger partial charge < -0.3 is 0 Å². The Balaban J connectivity index is 1.49. The van der Waals surface area contributed by atoms with Crippen LogP contribution < -0.4 is 0 Å². The molecule has 29 heavy (non-hydrogen) atoms. The highest BCUT2D eigenvalue weighted by Crippen LogP contribution is 2.29. The molecule has 2 aromatic carbocycles. The summed E-state index contributed by atoms with van der Waals surface area (Å²) in [4.78, 5) is 17.7. The average Bonchev–Trinajstić information content (AvgIpc) is 3.33. The molecule has 144 valence electrons. The minimum atomic E-state index is 0.198. The summed E-state index contributed by atoms with van der Waals surface area (Å²) in [5.74, 6) is 0.974. The van der Waals surface area contributed by atoms with E-state index in [1.165, 1.54) is 23.1 Å². The molecule has 0 aliphatic rings. The van der Waals surface area contributed by atoms with Crippen LogP contribution in [0.2, 0.25) is 0 Å². The first-order chi connectivity index (χ1) is 14.3. The molecule has 6 heteroatoms. The average molecular weight is 418 g/mol. The predicted molar refractivity (Wildman–Crippen MR) is 119 cm³/mol. The van der Waals surface area contributed by atoms with Gasteiger partial charge in [0, 0.05) is 23.3 Å². The fourth-order valence-electron chi connectivity index (χ4n) is 2.92. The molecule has 2 heterocycles. The maximum Gasteiger partial charge on any atom is 0.209 e. The molecule has 0 saturated carbocycles. The summed E-state index contributed by atoms with van der Waals surface area (Å²) in [5.41, 5.74) is 3.60. The van der Waals surface area contributed by atoms with Crippen LogP contribution in [0.25, 0.3) is 22.5 Å². The third-order valence-electron chi connectivity index (χ3n) is 4.34. The lowest BCUT2D eigenvalue weighted by Gasteiger charge is -2.09. The Morgan fingerprint density at radius 3 is 2.17 bits per heavy atom. The van der Waals surface area contributed by atoms with Gasteiger partial charge in [-0.1, -0.05) is 78.5 Å². The van der Waals surface area contributed by atoms with Crippen LogP contribution in [0.5, 0.6) is 0 Å². The van der Waals surface area contributed by atoms with Crippen molar-refractivity contribution in [2.45, 2.75) is 18.0 Å². The van der Waals surface area contributed by atoms with Crippen LogP contribution in [0, 0.1) is 0 Å². The summed E-state index contributed by atoms with van der Waals surface area (Å²) in [6.45, 7) is 0. The minimum absolute atomic E-state index is 0.198. The van der Waals surface area contributed by atoms with E-state index in [0.717, 1.165) is 39.6 Å². The fourth-order valence-corrected chi connectivity index (χ4v) is 4.34. The number of carbonyl (C=O) groups excluding carboxylic acids is 1. The van der Waals surface area contributed by atoms with Crippen LogP contribution in [0.1, 0.15) is 22.5 Å². The van der Waals surface area contributed by atoms with Gasteiger partial charge in [0.05, 0.1) is 4.88 Å². The van der Waals surface area contributed by atoms with Crippen LogP contribution >= 0.6 is 23.1 Å². The maximum atomic E-state index is 12.1. The molecule has 0 aliphatic carbocycles. The number of Topliss-reactive ketones (excluding diaryl/α,β-unsaturated/α-hetero) is 1. The van der Waals surface area contributed by atoms with Crippen molar-refractivity contribution in [3.8, 4) is 22.5 Å². The molecule has 0 unspecified atom stereocenters. The van der Waals surface area contributed by atoms with E-state index in [2.05, 4.69) is 10.2 Å². The number of rotatable bonds is 8. The van der Waals surface area contributed by atoms with Crippen molar-refractivity contribution < 1.29 is 4.79 Å². The molecular weight excluding hydrogens is 398 g/mol. The van der Waals surface area contributed by atoms with Gasteiger partial charge in [-0.25, -0.2) is 4.98 Å². The Morgan fingerprint density at radius 1 is 0.828 bits per heavy atom. The Hall–Kier alpha value is -2.83. The summed E-state index contributed by atoms with van der Waals surface area (Å²) >= 11 is 3.03. The van der Waals surface area contributed by atoms with Crippen LogP contribution in [0.3, 0.4) is 0 Å². The van der Waals surface area contributed by atoms with E-state index in [9.17, 15) is 4.79 Å². The molecule has 0 saturated heterocycles. The lowest BCUT2D eigenvalue weighted by atomic mass is 10.0. The van der Waals surface area contributed by atoms with Crippen molar-refractivity contribution in [3.63, 3.8) is 0 Å². The number of aromatic nitrogens is 3. The van der Waals surface area contributed by atoms with Crippen molar-refractivity contribution >= 4 is 28.9 Å². The van der Waals surface area contributed by atoms with E-state index >= 15 is 0 Å². The summed E-state index contributed by atoms with van der Waals surface area (Å²) < 4.78 is 0. The summed E-state index contributed by atoms with van der Waals surface area (Å²) in [6, 6.07) is 23.8. The zero-order valence-corrected chi connectivity index (χ0v) is 17.3. The number of hydrogen-bond acceptors (Lipinski definition) is 6. The minimum Gasteiger partial charge on any atom is -0.293 e. The van der Waals surface area contributed by atoms with E-state index in [1.54, 1.807) is 0 Å². The van der Waals surface area contributed by atoms with Gasteiger partial charge in [-0.15, -0.1) is 21.5 Å². The molecule has 0 spiro atoms. The first-order valence-corrected chi connectivity index (χ1v) is 11.2. The Labute approximate surface area is 178 Å². The van der Waals surface area contributed by atoms with Crippen LogP contribution in [-0.2, 0) is 0 Å². The topological polar surface area (TPSA) is 55.7 Å². The molecule has 4 nitrogen and oxygen atoms in total. The fraction of sp³-hybridized carbons (Fsp3) is 0.130. The molecule has 0 N–H and O–H groups in total. The second kappa shape index (κ2) is 9.58. The van der Waals surface area contributed by atoms with Gasteiger partial charge in [0.1, 0.15) is 11.4 Å². The third-order valence-corrected chi connectivity index (χ3v) is 6.17. The van der Waals surface area contributed by atoms with Crippen molar-refractivity contribution in [1.82, 2.24) is 15.2 Å². The molecule has 0 atom stereocenters. The van der Waals surface area contributed by atoms with Crippen molar-refractivity contribution in [3.05, 3.63) is 83.1 Å². The van der Waals surface area contributed by atoms with E-state index in [1.807, 2.05) is 78.2 Å². The van der Waals surface area contributed by atoms with Crippen molar-refractivity contribution in [2.24, 2.45) is 0 Å². The number of nitrogens with zero attached hydrogens (tertiary/aromatic N) is 3. The first kappa shape index (κ1) is 19.5. The number of thiophene rings is 1. The number of benzene rings is 2. The summed E-state index contributed by atoms with van der Waals surface area (Å²) in [5, 5.41) is 11.4. The first-order valence-electron chi connectivity index (χ1n) is 9.36. The predicted octanol–water partition coefficient (Wildman–Crippen LogP) is 6.02. The highest BCUT2D eigenvalue weighted by Gasteiger charge is 2.14. The van der Waals surface area contributed by atoms with Gasteiger partial charge in [-0.05, 0) is 17.9 Å². The smallest absolute Gasteiger partial charge is 0.209 e. The Bertz CT molecular complexity index is 1070. The second-order valence-corrected chi connectivity index (χ2v) is 8.39. The lowest BCUT2D eigenvalue weighted by molar-refractivity contribution is 0.0986. The van der Waals surface area contributed by atoms with E-state index < -0.39 is 0 Å². The van der Waals surface area contributed by atoms with Crippen molar-refractivity contribution in [2.75, 3.05) is 5.75 Å². The monoisotopic (exact) mass is 417 g/mol. The Kier molecular flexibility index (Phi) is 6.44. The van der Waals surface area contributed by atoms with Gasteiger partial charge in [-0.2, -0.15) is 0 Å². The molecule has 2 aromatic heterocycles. The maximum absolute atomic E-state index is 12.1. The van der Waals surface area contributed by atoms with E-state index in [4.69, 9.17) is 4.98 Å². The highest BCUT2D eigenvalue weighted by molar-refractivity contribution is 7.99. The molecule has 0 fully saturated rings. The molecule has 0 aliphatic heterocycles. The molecule has 0 bridgehead atoms. The molecule has 4 rings (SSSR count). The SMILES string of the molecule is O=C(CCCSc1nnc(-c2ccccc2)c(-c2ccccc2)n1)c1cccs1. The van der Waals surface area contributed by atoms with Gasteiger partial charge in [-0.3, -0.25) is 4.79 Å². The number of ketones is 1. The van der Waals surface area contributed by atoms with Crippen LogP contribution in [-0.4, -0.2) is 26.7 Å². The second-order valence-electron chi connectivity index (χ2n) is 6.38. The summed E-state index contributed by atoms with van der Waals surface area (Å²) in [6.07, 6.45) is 1.32. The number of carbonyl (C=O) groups is 1. The van der Waals surface area contributed by atoms with E-state index in [-0.39, 0.29) is 5.78 Å². The van der Waals surface area contributed by atoms with Crippen molar-refractivity contribution in [1.29, 1.82) is 0 Å².